The molecule has 5 heteroatoms. The lowest BCUT2D eigenvalue weighted by molar-refractivity contribution is 0.122. The maximum absolute atomic E-state index is 12.9. The molecule has 5 nitrogen and oxygen atoms in total. The first-order valence-electron chi connectivity index (χ1n) is 8.21. The molecule has 2 heterocycles. The van der Waals surface area contributed by atoms with E-state index in [0.29, 0.717) is 13.2 Å². The zero-order valence-corrected chi connectivity index (χ0v) is 13.2. The SMILES string of the molecule is Cc1cc(N2CCOCC2)c(C#N)c(=O)n1C1CCCCC1. The van der Waals surface area contributed by atoms with Gasteiger partial charge in [-0.15, -0.1) is 0 Å². The van der Waals surface area contributed by atoms with E-state index in [1.165, 1.54) is 19.3 Å². The van der Waals surface area contributed by atoms with Gasteiger partial charge in [0.15, 0.2) is 0 Å². The fraction of sp³-hybridized carbons (Fsp3) is 0.647. The second-order valence-electron chi connectivity index (χ2n) is 6.22. The van der Waals surface area contributed by atoms with Crippen LogP contribution < -0.4 is 10.5 Å². The van der Waals surface area contributed by atoms with Crippen molar-refractivity contribution >= 4 is 5.69 Å². The number of ether oxygens (including phenoxy) is 1. The minimum absolute atomic E-state index is 0.115. The monoisotopic (exact) mass is 301 g/mol. The van der Waals surface area contributed by atoms with Crippen LogP contribution in [0.25, 0.3) is 0 Å². The van der Waals surface area contributed by atoms with Gasteiger partial charge in [-0.25, -0.2) is 0 Å². The van der Waals surface area contributed by atoms with E-state index in [-0.39, 0.29) is 17.2 Å². The molecule has 118 valence electrons. The Morgan fingerprint density at radius 1 is 1.23 bits per heavy atom. The Labute approximate surface area is 131 Å². The average molecular weight is 301 g/mol. The highest BCUT2D eigenvalue weighted by Gasteiger charge is 2.24. The first kappa shape index (κ1) is 15.1. The van der Waals surface area contributed by atoms with Crippen molar-refractivity contribution < 1.29 is 4.74 Å². The van der Waals surface area contributed by atoms with Crippen LogP contribution in [-0.4, -0.2) is 30.9 Å². The summed E-state index contributed by atoms with van der Waals surface area (Å²) >= 11 is 0. The summed E-state index contributed by atoms with van der Waals surface area (Å²) in [4.78, 5) is 15.0. The number of rotatable bonds is 2. The maximum Gasteiger partial charge on any atom is 0.271 e. The van der Waals surface area contributed by atoms with Gasteiger partial charge in [0.1, 0.15) is 11.6 Å². The second-order valence-corrected chi connectivity index (χ2v) is 6.22. The predicted molar refractivity (Wildman–Crippen MR) is 85.3 cm³/mol. The molecule has 0 N–H and O–H groups in total. The van der Waals surface area contributed by atoms with Crippen LogP contribution >= 0.6 is 0 Å². The summed E-state index contributed by atoms with van der Waals surface area (Å²) in [6.45, 7) is 4.76. The van der Waals surface area contributed by atoms with Gasteiger partial charge in [0, 0.05) is 24.8 Å². The molecule has 0 unspecified atom stereocenters. The van der Waals surface area contributed by atoms with Gasteiger partial charge in [-0.3, -0.25) is 4.79 Å². The minimum atomic E-state index is -0.115. The van der Waals surface area contributed by atoms with Crippen molar-refractivity contribution in [1.82, 2.24) is 4.57 Å². The Morgan fingerprint density at radius 2 is 1.91 bits per heavy atom. The molecule has 0 spiro atoms. The third kappa shape index (κ3) is 2.76. The Hall–Kier alpha value is -1.80. The summed E-state index contributed by atoms with van der Waals surface area (Å²) in [7, 11) is 0. The molecule has 1 aromatic heterocycles. The molecular formula is C17H23N3O2. The highest BCUT2D eigenvalue weighted by atomic mass is 16.5. The summed E-state index contributed by atoms with van der Waals surface area (Å²) in [6, 6.07) is 4.42. The molecule has 1 saturated carbocycles. The van der Waals surface area contributed by atoms with Gasteiger partial charge < -0.3 is 14.2 Å². The Balaban J connectivity index is 2.03. The lowest BCUT2D eigenvalue weighted by atomic mass is 9.94. The van der Waals surface area contributed by atoms with Crippen LogP contribution in [0.2, 0.25) is 0 Å². The predicted octanol–water partition coefficient (Wildman–Crippen LogP) is 2.37. The fourth-order valence-electron chi connectivity index (χ4n) is 3.68. The number of aromatic nitrogens is 1. The van der Waals surface area contributed by atoms with E-state index in [4.69, 9.17) is 4.74 Å². The van der Waals surface area contributed by atoms with Crippen LogP contribution in [0.3, 0.4) is 0 Å². The van der Waals surface area contributed by atoms with Crippen molar-refractivity contribution in [2.75, 3.05) is 31.2 Å². The highest BCUT2D eigenvalue weighted by molar-refractivity contribution is 5.59. The standard InChI is InChI=1S/C17H23N3O2/c1-13-11-16(19-7-9-22-10-8-19)15(12-18)17(21)20(13)14-5-3-2-4-6-14/h11,14H,2-10H2,1H3. The molecule has 0 bridgehead atoms. The molecule has 0 radical (unpaired) electrons. The number of nitrogens with zero attached hydrogens (tertiary/aromatic N) is 3. The number of pyridine rings is 1. The first-order chi connectivity index (χ1) is 10.7. The second kappa shape index (κ2) is 6.53. The number of hydrogen-bond donors (Lipinski definition) is 0. The molecule has 2 aliphatic rings. The summed E-state index contributed by atoms with van der Waals surface area (Å²) < 4.78 is 7.23. The van der Waals surface area contributed by atoms with Crippen LogP contribution in [-0.2, 0) is 4.74 Å². The van der Waals surface area contributed by atoms with Crippen LogP contribution in [0.5, 0.6) is 0 Å². The highest BCUT2D eigenvalue weighted by Crippen LogP contribution is 2.29. The summed E-state index contributed by atoms with van der Waals surface area (Å²) in [6.07, 6.45) is 5.68. The van der Waals surface area contributed by atoms with Crippen LogP contribution in [0.1, 0.15) is 49.4 Å². The molecule has 1 aliphatic heterocycles. The number of hydrogen-bond acceptors (Lipinski definition) is 4. The molecule has 0 amide bonds. The van der Waals surface area contributed by atoms with E-state index >= 15 is 0 Å². The number of nitriles is 1. The normalized spacial score (nSPS) is 19.9. The van der Waals surface area contributed by atoms with E-state index in [9.17, 15) is 10.1 Å². The zero-order valence-electron chi connectivity index (χ0n) is 13.2. The van der Waals surface area contributed by atoms with Crippen molar-refractivity contribution in [3.63, 3.8) is 0 Å². The van der Waals surface area contributed by atoms with Crippen LogP contribution in [0, 0.1) is 18.3 Å². The Bertz CT molecular complexity index is 633. The van der Waals surface area contributed by atoms with Gasteiger partial charge >= 0.3 is 0 Å². The van der Waals surface area contributed by atoms with Crippen molar-refractivity contribution in [1.29, 1.82) is 5.26 Å². The van der Waals surface area contributed by atoms with Crippen molar-refractivity contribution in [2.45, 2.75) is 45.1 Å². The molecule has 0 atom stereocenters. The lowest BCUT2D eigenvalue weighted by Crippen LogP contribution is -2.39. The quantitative estimate of drug-likeness (QED) is 0.841. The van der Waals surface area contributed by atoms with Gasteiger partial charge in [-0.2, -0.15) is 5.26 Å². The van der Waals surface area contributed by atoms with Gasteiger partial charge in [0.25, 0.3) is 5.56 Å². The number of aryl methyl sites for hydroxylation is 1. The minimum Gasteiger partial charge on any atom is -0.378 e. The first-order valence-corrected chi connectivity index (χ1v) is 8.21. The van der Waals surface area contributed by atoms with Gasteiger partial charge in [-0.1, -0.05) is 19.3 Å². The van der Waals surface area contributed by atoms with Gasteiger partial charge in [0.2, 0.25) is 0 Å². The Kier molecular flexibility index (Phi) is 4.49. The summed E-state index contributed by atoms with van der Waals surface area (Å²) in [5.41, 5.74) is 1.92. The summed E-state index contributed by atoms with van der Waals surface area (Å²) in [5.74, 6) is 0. The third-order valence-corrected chi connectivity index (χ3v) is 4.82. The molecule has 22 heavy (non-hydrogen) atoms. The van der Waals surface area contributed by atoms with E-state index < -0.39 is 0 Å². The molecule has 1 saturated heterocycles. The van der Waals surface area contributed by atoms with Crippen molar-refractivity contribution in [3.05, 3.63) is 27.7 Å². The van der Waals surface area contributed by atoms with E-state index in [1.807, 2.05) is 17.6 Å². The molecule has 0 aromatic carbocycles. The van der Waals surface area contributed by atoms with Crippen molar-refractivity contribution in [3.8, 4) is 6.07 Å². The topological polar surface area (TPSA) is 58.3 Å². The smallest absolute Gasteiger partial charge is 0.271 e. The molecule has 1 aromatic rings. The van der Waals surface area contributed by atoms with E-state index in [2.05, 4.69) is 11.0 Å². The maximum atomic E-state index is 12.9. The fourth-order valence-corrected chi connectivity index (χ4v) is 3.68. The molecular weight excluding hydrogens is 278 g/mol. The summed E-state index contributed by atoms with van der Waals surface area (Å²) in [5, 5.41) is 9.52. The largest absolute Gasteiger partial charge is 0.378 e. The Morgan fingerprint density at radius 3 is 2.55 bits per heavy atom. The van der Waals surface area contributed by atoms with Gasteiger partial charge in [-0.05, 0) is 25.8 Å². The lowest BCUT2D eigenvalue weighted by Gasteiger charge is -2.31. The van der Waals surface area contributed by atoms with E-state index in [1.54, 1.807) is 0 Å². The molecule has 2 fully saturated rings. The van der Waals surface area contributed by atoms with Crippen LogP contribution in [0.4, 0.5) is 5.69 Å². The van der Waals surface area contributed by atoms with E-state index in [0.717, 1.165) is 37.3 Å². The molecule has 3 rings (SSSR count). The zero-order chi connectivity index (χ0) is 15.5. The van der Waals surface area contributed by atoms with Crippen molar-refractivity contribution in [2.24, 2.45) is 0 Å². The number of anilines is 1. The average Bonchev–Trinajstić information content (AvgIpc) is 2.56. The van der Waals surface area contributed by atoms with Gasteiger partial charge in [0.05, 0.1) is 18.9 Å². The third-order valence-electron chi connectivity index (χ3n) is 4.82. The molecule has 1 aliphatic carbocycles. The number of morpholine rings is 1. The van der Waals surface area contributed by atoms with Crippen LogP contribution in [0.15, 0.2) is 10.9 Å².